The molecule has 1 fully saturated rings. The highest BCUT2D eigenvalue weighted by Crippen LogP contribution is 2.35. The first-order chi connectivity index (χ1) is 10.3. The maximum absolute atomic E-state index is 6.10. The van der Waals surface area contributed by atoms with E-state index in [1.807, 2.05) is 30.5 Å². The van der Waals surface area contributed by atoms with E-state index in [0.29, 0.717) is 6.04 Å². The molecular weight excluding hydrogens is 304 g/mol. The molecule has 4 rings (SSSR count). The van der Waals surface area contributed by atoms with Crippen molar-refractivity contribution in [3.63, 3.8) is 0 Å². The number of rotatable bonds is 2. The summed E-state index contributed by atoms with van der Waals surface area (Å²) in [5.74, 6) is 0.981. The Morgan fingerprint density at radius 1 is 1.33 bits per heavy atom. The molecule has 0 saturated carbocycles. The number of pyridine rings is 1. The van der Waals surface area contributed by atoms with Crippen molar-refractivity contribution in [3.8, 4) is 10.7 Å². The highest BCUT2D eigenvalue weighted by atomic mass is 35.5. The Balaban J connectivity index is 1.92. The number of hydrogen-bond acceptors (Lipinski definition) is 4. The minimum absolute atomic E-state index is 0.398. The number of nitrogens with zero attached hydrogens (tertiary/aromatic N) is 3. The van der Waals surface area contributed by atoms with Gasteiger partial charge in [-0.2, -0.15) is 0 Å². The highest BCUT2D eigenvalue weighted by molar-refractivity contribution is 7.19. The maximum Gasteiger partial charge on any atom is 0.160 e. The zero-order valence-electron chi connectivity index (χ0n) is 11.4. The minimum Gasteiger partial charge on any atom is -0.315 e. The van der Waals surface area contributed by atoms with Gasteiger partial charge in [-0.15, -0.1) is 11.3 Å². The molecule has 108 valence electrons. The SMILES string of the molecule is Clc1ccc(-c2nc3cccnc3n2C2CCCNC2)s1. The summed E-state index contributed by atoms with van der Waals surface area (Å²) in [6.45, 7) is 2.06. The third kappa shape index (κ3) is 2.35. The first-order valence-electron chi connectivity index (χ1n) is 7.12. The van der Waals surface area contributed by atoms with Gasteiger partial charge in [0.2, 0.25) is 0 Å². The lowest BCUT2D eigenvalue weighted by Gasteiger charge is -2.25. The first-order valence-corrected chi connectivity index (χ1v) is 8.32. The summed E-state index contributed by atoms with van der Waals surface area (Å²) in [4.78, 5) is 10.5. The van der Waals surface area contributed by atoms with Crippen LogP contribution >= 0.6 is 22.9 Å². The van der Waals surface area contributed by atoms with Gasteiger partial charge < -0.3 is 9.88 Å². The van der Waals surface area contributed by atoms with Gasteiger partial charge in [-0.1, -0.05) is 11.6 Å². The van der Waals surface area contributed by atoms with Gasteiger partial charge in [0.1, 0.15) is 5.52 Å². The van der Waals surface area contributed by atoms with Crippen LogP contribution < -0.4 is 5.32 Å². The Labute approximate surface area is 131 Å². The molecule has 3 aromatic heterocycles. The molecule has 0 bridgehead atoms. The van der Waals surface area contributed by atoms with Gasteiger partial charge in [0.05, 0.1) is 9.21 Å². The topological polar surface area (TPSA) is 42.7 Å². The lowest BCUT2D eigenvalue weighted by atomic mass is 10.1. The Morgan fingerprint density at radius 2 is 2.29 bits per heavy atom. The van der Waals surface area contributed by atoms with Gasteiger partial charge in [-0.3, -0.25) is 0 Å². The second kappa shape index (κ2) is 5.40. The Kier molecular flexibility index (Phi) is 3.41. The number of halogens is 1. The molecule has 6 heteroatoms. The van der Waals surface area contributed by atoms with E-state index in [-0.39, 0.29) is 0 Å². The molecule has 0 aliphatic carbocycles. The Hall–Kier alpha value is -1.43. The zero-order valence-corrected chi connectivity index (χ0v) is 13.0. The Bertz CT molecular complexity index is 773. The second-order valence-corrected chi connectivity index (χ2v) is 6.97. The molecule has 1 aliphatic heterocycles. The average molecular weight is 319 g/mol. The van der Waals surface area contributed by atoms with Gasteiger partial charge in [-0.25, -0.2) is 9.97 Å². The third-order valence-corrected chi connectivity index (χ3v) is 5.11. The van der Waals surface area contributed by atoms with E-state index in [9.17, 15) is 0 Å². The van der Waals surface area contributed by atoms with Gasteiger partial charge >= 0.3 is 0 Å². The molecule has 1 saturated heterocycles. The molecule has 0 amide bonds. The van der Waals surface area contributed by atoms with Crippen molar-refractivity contribution in [2.24, 2.45) is 0 Å². The molecule has 4 heterocycles. The fraction of sp³-hybridized carbons (Fsp3) is 0.333. The number of thiophene rings is 1. The summed E-state index contributed by atoms with van der Waals surface area (Å²) in [6.07, 6.45) is 4.17. The normalized spacial score (nSPS) is 19.2. The van der Waals surface area contributed by atoms with Crippen molar-refractivity contribution in [3.05, 3.63) is 34.8 Å². The molecule has 21 heavy (non-hydrogen) atoms. The second-order valence-electron chi connectivity index (χ2n) is 5.26. The van der Waals surface area contributed by atoms with E-state index in [2.05, 4.69) is 14.9 Å². The summed E-state index contributed by atoms with van der Waals surface area (Å²) in [5, 5.41) is 3.47. The number of piperidine rings is 1. The summed E-state index contributed by atoms with van der Waals surface area (Å²) in [5.41, 5.74) is 1.91. The average Bonchev–Trinajstić information content (AvgIpc) is 3.11. The third-order valence-electron chi connectivity index (χ3n) is 3.88. The van der Waals surface area contributed by atoms with Crippen LogP contribution in [0.4, 0.5) is 0 Å². The summed E-state index contributed by atoms with van der Waals surface area (Å²) in [6, 6.07) is 8.32. The van der Waals surface area contributed by atoms with Crippen LogP contribution in [0, 0.1) is 0 Å². The molecule has 0 radical (unpaired) electrons. The van der Waals surface area contributed by atoms with Crippen molar-refractivity contribution in [2.75, 3.05) is 13.1 Å². The Morgan fingerprint density at radius 3 is 3.05 bits per heavy atom. The summed E-state index contributed by atoms with van der Waals surface area (Å²) < 4.78 is 3.07. The highest BCUT2D eigenvalue weighted by Gasteiger charge is 2.23. The summed E-state index contributed by atoms with van der Waals surface area (Å²) >= 11 is 7.67. The lowest BCUT2D eigenvalue weighted by Crippen LogP contribution is -2.32. The van der Waals surface area contributed by atoms with Crippen LogP contribution in [0.1, 0.15) is 18.9 Å². The van der Waals surface area contributed by atoms with E-state index in [1.165, 1.54) is 6.42 Å². The van der Waals surface area contributed by atoms with Crippen molar-refractivity contribution >= 4 is 34.1 Å². The smallest absolute Gasteiger partial charge is 0.160 e. The number of fused-ring (bicyclic) bond motifs is 1. The van der Waals surface area contributed by atoms with Gasteiger partial charge in [0, 0.05) is 18.8 Å². The number of aromatic nitrogens is 3. The van der Waals surface area contributed by atoms with E-state index in [1.54, 1.807) is 11.3 Å². The molecular formula is C15H15ClN4S. The van der Waals surface area contributed by atoms with Crippen molar-refractivity contribution in [2.45, 2.75) is 18.9 Å². The molecule has 4 nitrogen and oxygen atoms in total. The molecule has 1 aliphatic rings. The number of imidazole rings is 1. The van der Waals surface area contributed by atoms with Gasteiger partial charge in [-0.05, 0) is 43.7 Å². The number of nitrogens with one attached hydrogen (secondary N) is 1. The quantitative estimate of drug-likeness (QED) is 0.782. The molecule has 1 N–H and O–H groups in total. The van der Waals surface area contributed by atoms with Crippen LogP contribution in [0.25, 0.3) is 21.9 Å². The van der Waals surface area contributed by atoms with Crippen molar-refractivity contribution in [1.82, 2.24) is 19.9 Å². The van der Waals surface area contributed by atoms with E-state index < -0.39 is 0 Å². The largest absolute Gasteiger partial charge is 0.315 e. The van der Waals surface area contributed by atoms with Crippen molar-refractivity contribution in [1.29, 1.82) is 0 Å². The van der Waals surface area contributed by atoms with Crippen LogP contribution in [0.15, 0.2) is 30.5 Å². The van der Waals surface area contributed by atoms with E-state index >= 15 is 0 Å². The predicted octanol–water partition coefficient (Wildman–Crippen LogP) is 3.74. The predicted molar refractivity (Wildman–Crippen MR) is 87.0 cm³/mol. The van der Waals surface area contributed by atoms with Gasteiger partial charge in [0.15, 0.2) is 11.5 Å². The standard InChI is InChI=1S/C15H15ClN4S/c16-13-6-5-12(21-13)15-19-11-4-2-8-18-14(11)20(15)10-3-1-7-17-9-10/h2,4-6,8,10,17H,1,3,7,9H2. The fourth-order valence-electron chi connectivity index (χ4n) is 2.94. The fourth-order valence-corrected chi connectivity index (χ4v) is 3.97. The summed E-state index contributed by atoms with van der Waals surface area (Å²) in [7, 11) is 0. The molecule has 0 aromatic carbocycles. The monoisotopic (exact) mass is 318 g/mol. The molecule has 1 unspecified atom stereocenters. The van der Waals surface area contributed by atoms with Crippen LogP contribution in [-0.4, -0.2) is 27.6 Å². The molecule has 3 aromatic rings. The van der Waals surface area contributed by atoms with Crippen LogP contribution in [0.3, 0.4) is 0 Å². The van der Waals surface area contributed by atoms with Crippen LogP contribution in [-0.2, 0) is 0 Å². The molecule has 1 atom stereocenters. The lowest BCUT2D eigenvalue weighted by molar-refractivity contribution is 0.379. The zero-order chi connectivity index (χ0) is 14.2. The molecule has 0 spiro atoms. The van der Waals surface area contributed by atoms with E-state index in [4.69, 9.17) is 16.6 Å². The van der Waals surface area contributed by atoms with Crippen molar-refractivity contribution < 1.29 is 0 Å². The van der Waals surface area contributed by atoms with Crippen LogP contribution in [0.2, 0.25) is 4.34 Å². The van der Waals surface area contributed by atoms with Crippen LogP contribution in [0.5, 0.6) is 0 Å². The first kappa shape index (κ1) is 13.2. The number of hydrogen-bond donors (Lipinski definition) is 1. The van der Waals surface area contributed by atoms with Gasteiger partial charge in [0.25, 0.3) is 0 Å². The minimum atomic E-state index is 0.398. The maximum atomic E-state index is 6.10. The van der Waals surface area contributed by atoms with E-state index in [0.717, 1.165) is 45.7 Å².